The van der Waals surface area contributed by atoms with Crippen molar-refractivity contribution in [3.05, 3.63) is 47.7 Å². The van der Waals surface area contributed by atoms with Crippen molar-refractivity contribution < 1.29 is 4.52 Å². The summed E-state index contributed by atoms with van der Waals surface area (Å²) in [5.74, 6) is 1.42. The fourth-order valence-corrected chi connectivity index (χ4v) is 3.16. The first-order valence-electron chi connectivity index (χ1n) is 7.73. The maximum absolute atomic E-state index is 5.13. The number of hydrogen-bond donors (Lipinski definition) is 0. The van der Waals surface area contributed by atoms with E-state index in [4.69, 9.17) is 9.51 Å². The van der Waals surface area contributed by atoms with Crippen molar-refractivity contribution in [3.8, 4) is 0 Å². The lowest BCUT2D eigenvalue weighted by Crippen LogP contribution is -2.32. The van der Waals surface area contributed by atoms with Crippen molar-refractivity contribution >= 4 is 5.65 Å². The number of rotatable bonds is 3. The van der Waals surface area contributed by atoms with Crippen LogP contribution in [0.25, 0.3) is 5.65 Å². The molecule has 0 saturated carbocycles. The minimum atomic E-state index is 0.537. The Kier molecular flexibility index (Phi) is 3.38. The van der Waals surface area contributed by atoms with Gasteiger partial charge >= 0.3 is 0 Å². The van der Waals surface area contributed by atoms with E-state index in [-0.39, 0.29) is 0 Å². The first kappa shape index (κ1) is 13.5. The molecule has 3 aromatic rings. The number of hydrogen-bond acceptors (Lipinski definition) is 5. The van der Waals surface area contributed by atoms with Gasteiger partial charge < -0.3 is 4.52 Å². The molecular weight excluding hydrogens is 278 g/mol. The Morgan fingerprint density at radius 3 is 2.91 bits per heavy atom. The van der Waals surface area contributed by atoms with Gasteiger partial charge in [-0.15, -0.1) is 0 Å². The molecular formula is C16H19N5O. The lowest BCUT2D eigenvalue weighted by molar-refractivity contribution is 0.198. The number of piperidine rings is 1. The molecule has 0 atom stereocenters. The second-order valence-electron chi connectivity index (χ2n) is 5.97. The summed E-state index contributed by atoms with van der Waals surface area (Å²) in [6.45, 7) is 4.95. The Labute approximate surface area is 128 Å². The van der Waals surface area contributed by atoms with Gasteiger partial charge in [-0.3, -0.25) is 4.90 Å². The Hall–Kier alpha value is -2.21. The molecule has 6 heteroatoms. The number of aromatic nitrogens is 4. The van der Waals surface area contributed by atoms with E-state index >= 15 is 0 Å². The van der Waals surface area contributed by atoms with Gasteiger partial charge in [0.25, 0.3) is 0 Å². The van der Waals surface area contributed by atoms with Gasteiger partial charge in [0.1, 0.15) is 5.76 Å². The van der Waals surface area contributed by atoms with Crippen LogP contribution in [0.1, 0.15) is 35.9 Å². The Bertz CT molecular complexity index is 770. The van der Waals surface area contributed by atoms with E-state index in [2.05, 4.69) is 21.2 Å². The summed E-state index contributed by atoms with van der Waals surface area (Å²) >= 11 is 0. The first-order valence-corrected chi connectivity index (χ1v) is 7.73. The molecule has 0 bridgehead atoms. The van der Waals surface area contributed by atoms with E-state index < -0.39 is 0 Å². The summed E-state index contributed by atoms with van der Waals surface area (Å²) in [5, 5.41) is 8.27. The standard InChI is InChI=1S/C16H19N5O/c1-12-10-14(19-22-12)11-20-7-3-13(4-8-20)15-5-9-21-16(18-15)2-6-17-21/h2,5-6,9-10,13H,3-4,7-8,11H2,1H3. The van der Waals surface area contributed by atoms with Crippen molar-refractivity contribution in [1.29, 1.82) is 0 Å². The van der Waals surface area contributed by atoms with E-state index in [1.54, 1.807) is 6.20 Å². The molecule has 0 amide bonds. The van der Waals surface area contributed by atoms with Gasteiger partial charge in [-0.25, -0.2) is 9.50 Å². The molecule has 1 aliphatic heterocycles. The smallest absolute Gasteiger partial charge is 0.155 e. The van der Waals surface area contributed by atoms with Crippen LogP contribution in [0.3, 0.4) is 0 Å². The summed E-state index contributed by atoms with van der Waals surface area (Å²) in [4.78, 5) is 7.16. The molecule has 0 radical (unpaired) electrons. The van der Waals surface area contributed by atoms with Gasteiger partial charge in [-0.1, -0.05) is 5.16 Å². The molecule has 0 aromatic carbocycles. The van der Waals surface area contributed by atoms with Crippen LogP contribution >= 0.6 is 0 Å². The number of likely N-dealkylation sites (tertiary alicyclic amines) is 1. The zero-order chi connectivity index (χ0) is 14.9. The molecule has 114 valence electrons. The second kappa shape index (κ2) is 5.53. The molecule has 4 rings (SSSR count). The van der Waals surface area contributed by atoms with Gasteiger partial charge in [0.05, 0.1) is 11.9 Å². The highest BCUT2D eigenvalue weighted by Gasteiger charge is 2.22. The van der Waals surface area contributed by atoms with Crippen LogP contribution in [-0.2, 0) is 6.54 Å². The number of aryl methyl sites for hydroxylation is 1. The molecule has 1 aliphatic rings. The highest BCUT2D eigenvalue weighted by Crippen LogP contribution is 2.27. The van der Waals surface area contributed by atoms with Crippen LogP contribution in [0.4, 0.5) is 0 Å². The molecule has 1 fully saturated rings. The molecule has 22 heavy (non-hydrogen) atoms. The van der Waals surface area contributed by atoms with Crippen molar-refractivity contribution in [2.24, 2.45) is 0 Å². The Morgan fingerprint density at radius 1 is 1.27 bits per heavy atom. The first-order chi connectivity index (χ1) is 10.8. The van der Waals surface area contributed by atoms with E-state index in [0.29, 0.717) is 5.92 Å². The van der Waals surface area contributed by atoms with Crippen LogP contribution < -0.4 is 0 Å². The zero-order valence-electron chi connectivity index (χ0n) is 12.6. The fourth-order valence-electron chi connectivity index (χ4n) is 3.16. The lowest BCUT2D eigenvalue weighted by Gasteiger charge is -2.31. The van der Waals surface area contributed by atoms with Crippen molar-refractivity contribution in [1.82, 2.24) is 24.7 Å². The summed E-state index contributed by atoms with van der Waals surface area (Å²) in [7, 11) is 0. The van der Waals surface area contributed by atoms with Crippen LogP contribution in [0.2, 0.25) is 0 Å². The van der Waals surface area contributed by atoms with Crippen molar-refractivity contribution in [2.45, 2.75) is 32.2 Å². The lowest BCUT2D eigenvalue weighted by atomic mass is 9.93. The third-order valence-corrected chi connectivity index (χ3v) is 4.35. The highest BCUT2D eigenvalue weighted by molar-refractivity contribution is 5.37. The minimum Gasteiger partial charge on any atom is -0.361 e. The van der Waals surface area contributed by atoms with E-state index in [0.717, 1.165) is 49.6 Å². The fraction of sp³-hybridized carbons (Fsp3) is 0.438. The van der Waals surface area contributed by atoms with Gasteiger partial charge in [-0.05, 0) is 38.9 Å². The van der Waals surface area contributed by atoms with E-state index in [1.807, 2.05) is 29.8 Å². The van der Waals surface area contributed by atoms with Gasteiger partial charge in [0.15, 0.2) is 5.65 Å². The summed E-state index contributed by atoms with van der Waals surface area (Å²) in [6.07, 6.45) is 6.05. The monoisotopic (exact) mass is 297 g/mol. The van der Waals surface area contributed by atoms with Crippen LogP contribution in [0, 0.1) is 6.92 Å². The maximum atomic E-state index is 5.13. The Balaban J connectivity index is 1.40. The van der Waals surface area contributed by atoms with Crippen LogP contribution in [0.15, 0.2) is 35.1 Å². The molecule has 3 aromatic heterocycles. The van der Waals surface area contributed by atoms with E-state index in [1.165, 1.54) is 5.69 Å². The van der Waals surface area contributed by atoms with Gasteiger partial charge in [-0.2, -0.15) is 5.10 Å². The molecule has 1 saturated heterocycles. The normalized spacial score (nSPS) is 17.3. The summed E-state index contributed by atoms with van der Waals surface area (Å²) < 4.78 is 6.95. The quantitative estimate of drug-likeness (QED) is 0.743. The second-order valence-corrected chi connectivity index (χ2v) is 5.97. The van der Waals surface area contributed by atoms with Crippen molar-refractivity contribution in [2.75, 3.05) is 13.1 Å². The number of fused-ring (bicyclic) bond motifs is 1. The molecule has 0 aliphatic carbocycles. The average Bonchev–Trinajstić information content (AvgIpc) is 3.16. The van der Waals surface area contributed by atoms with Crippen LogP contribution in [0.5, 0.6) is 0 Å². The predicted octanol–water partition coefficient (Wildman–Crippen LogP) is 2.41. The third-order valence-electron chi connectivity index (χ3n) is 4.35. The van der Waals surface area contributed by atoms with Crippen molar-refractivity contribution in [3.63, 3.8) is 0 Å². The highest BCUT2D eigenvalue weighted by atomic mass is 16.5. The molecule has 0 N–H and O–H groups in total. The zero-order valence-corrected chi connectivity index (χ0v) is 12.6. The maximum Gasteiger partial charge on any atom is 0.155 e. The SMILES string of the molecule is Cc1cc(CN2CCC(c3ccn4nccc4n3)CC2)no1. The molecule has 0 spiro atoms. The Morgan fingerprint density at radius 2 is 2.14 bits per heavy atom. The van der Waals surface area contributed by atoms with E-state index in [9.17, 15) is 0 Å². The molecule has 4 heterocycles. The largest absolute Gasteiger partial charge is 0.361 e. The van der Waals surface area contributed by atoms with Gasteiger partial charge in [0.2, 0.25) is 0 Å². The minimum absolute atomic E-state index is 0.537. The summed E-state index contributed by atoms with van der Waals surface area (Å²) in [6, 6.07) is 6.06. The molecule has 6 nitrogen and oxygen atoms in total. The third kappa shape index (κ3) is 2.62. The predicted molar refractivity (Wildman–Crippen MR) is 81.5 cm³/mol. The average molecular weight is 297 g/mol. The van der Waals surface area contributed by atoms with Crippen LogP contribution in [-0.4, -0.2) is 37.7 Å². The summed E-state index contributed by atoms with van der Waals surface area (Å²) in [5.41, 5.74) is 3.14. The molecule has 0 unspecified atom stereocenters. The van der Waals surface area contributed by atoms with Gasteiger partial charge in [0, 0.05) is 36.5 Å². The topological polar surface area (TPSA) is 59.5 Å². The number of nitrogens with zero attached hydrogens (tertiary/aromatic N) is 5.